The van der Waals surface area contributed by atoms with Gasteiger partial charge in [0.15, 0.2) is 0 Å². The number of nitrogens with one attached hydrogen (secondary N) is 1. The summed E-state index contributed by atoms with van der Waals surface area (Å²) in [5, 5.41) is 9.97. The van der Waals surface area contributed by atoms with Crippen LogP contribution in [0.5, 0.6) is 0 Å². The molecule has 2 aromatic heterocycles. The summed E-state index contributed by atoms with van der Waals surface area (Å²) >= 11 is 1.62. The number of amides is 1. The van der Waals surface area contributed by atoms with Gasteiger partial charge in [-0.05, 0) is 48.3 Å². The van der Waals surface area contributed by atoms with Crippen molar-refractivity contribution >= 4 is 17.2 Å². The van der Waals surface area contributed by atoms with Crippen LogP contribution in [-0.2, 0) is 17.6 Å². The normalized spacial score (nSPS) is 18.1. The first-order valence-corrected chi connectivity index (χ1v) is 10.3. The number of fused-ring (bicyclic) bond motifs is 1. The number of carbonyl (C=O) groups is 1. The van der Waals surface area contributed by atoms with Gasteiger partial charge in [-0.1, -0.05) is 38.1 Å². The Hall–Kier alpha value is -2.40. The SMILES string of the molecule is Cc1ccccc1-n1ncc2c1CC(C)(C)CC2NC(=O)Cc1cccs1. The summed E-state index contributed by atoms with van der Waals surface area (Å²) in [5.41, 5.74) is 4.78. The number of benzene rings is 1. The van der Waals surface area contributed by atoms with Crippen molar-refractivity contribution in [3.8, 4) is 5.69 Å². The summed E-state index contributed by atoms with van der Waals surface area (Å²) in [7, 11) is 0. The van der Waals surface area contributed by atoms with Crippen LogP contribution < -0.4 is 5.32 Å². The van der Waals surface area contributed by atoms with Gasteiger partial charge in [0.25, 0.3) is 0 Å². The second-order valence-electron chi connectivity index (χ2n) is 8.17. The molecule has 1 aliphatic carbocycles. The first kappa shape index (κ1) is 18.0. The van der Waals surface area contributed by atoms with Gasteiger partial charge in [-0.25, -0.2) is 4.68 Å². The number of hydrogen-bond acceptors (Lipinski definition) is 3. The predicted octanol–water partition coefficient (Wildman–Crippen LogP) is 4.61. The van der Waals surface area contributed by atoms with Crippen molar-refractivity contribution in [2.45, 2.75) is 46.1 Å². The maximum absolute atomic E-state index is 12.6. The van der Waals surface area contributed by atoms with Gasteiger partial charge >= 0.3 is 0 Å². The predicted molar refractivity (Wildman–Crippen MR) is 109 cm³/mol. The lowest BCUT2D eigenvalue weighted by molar-refractivity contribution is -0.121. The molecule has 2 heterocycles. The largest absolute Gasteiger partial charge is 0.349 e. The number of aromatic nitrogens is 2. The first-order chi connectivity index (χ1) is 12.9. The van der Waals surface area contributed by atoms with Gasteiger partial charge in [-0.3, -0.25) is 4.79 Å². The highest BCUT2D eigenvalue weighted by Gasteiger charge is 2.36. The molecule has 0 radical (unpaired) electrons. The number of hydrogen-bond donors (Lipinski definition) is 1. The first-order valence-electron chi connectivity index (χ1n) is 9.37. The van der Waals surface area contributed by atoms with Crippen molar-refractivity contribution in [3.63, 3.8) is 0 Å². The molecule has 0 aliphatic heterocycles. The highest BCUT2D eigenvalue weighted by atomic mass is 32.1. The van der Waals surface area contributed by atoms with E-state index < -0.39 is 0 Å². The molecule has 0 saturated heterocycles. The van der Waals surface area contributed by atoms with Crippen LogP contribution in [0, 0.1) is 12.3 Å². The maximum atomic E-state index is 12.6. The quantitative estimate of drug-likeness (QED) is 0.719. The van der Waals surface area contributed by atoms with E-state index in [9.17, 15) is 4.79 Å². The van der Waals surface area contributed by atoms with Gasteiger partial charge in [0, 0.05) is 10.4 Å². The summed E-state index contributed by atoms with van der Waals surface area (Å²) in [6.07, 6.45) is 4.26. The summed E-state index contributed by atoms with van der Waals surface area (Å²) in [6, 6.07) is 12.3. The van der Waals surface area contributed by atoms with Crippen LogP contribution >= 0.6 is 11.3 Å². The van der Waals surface area contributed by atoms with E-state index in [4.69, 9.17) is 5.10 Å². The van der Waals surface area contributed by atoms with E-state index in [0.717, 1.165) is 29.0 Å². The van der Waals surface area contributed by atoms with E-state index in [2.05, 4.69) is 42.9 Å². The Balaban J connectivity index is 1.64. The van der Waals surface area contributed by atoms with Crippen molar-refractivity contribution in [2.24, 2.45) is 5.41 Å². The van der Waals surface area contributed by atoms with Crippen LogP contribution in [0.25, 0.3) is 5.69 Å². The Kier molecular flexibility index (Phi) is 4.64. The van der Waals surface area contributed by atoms with Crippen LogP contribution in [-0.4, -0.2) is 15.7 Å². The Bertz CT molecular complexity index is 956. The summed E-state index contributed by atoms with van der Waals surface area (Å²) in [4.78, 5) is 13.7. The molecule has 1 unspecified atom stereocenters. The fourth-order valence-electron chi connectivity index (χ4n) is 4.00. The van der Waals surface area contributed by atoms with Gasteiger partial charge in [0.05, 0.1) is 30.0 Å². The number of thiophene rings is 1. The fourth-order valence-corrected chi connectivity index (χ4v) is 4.70. The average molecular weight is 380 g/mol. The standard InChI is InChI=1S/C22H25N3OS/c1-15-7-4-5-9-19(15)25-20-13-22(2,3)12-18(17(20)14-23-25)24-21(26)11-16-8-6-10-27-16/h4-10,14,18H,11-13H2,1-3H3,(H,24,26). The van der Waals surface area contributed by atoms with Gasteiger partial charge in [0.1, 0.15) is 0 Å². The van der Waals surface area contributed by atoms with Gasteiger partial charge in [-0.15, -0.1) is 11.3 Å². The molecule has 0 spiro atoms. The number of carbonyl (C=O) groups excluding carboxylic acids is 1. The van der Waals surface area contributed by atoms with E-state index in [1.165, 1.54) is 11.3 Å². The lowest BCUT2D eigenvalue weighted by Crippen LogP contribution is -2.37. The van der Waals surface area contributed by atoms with Gasteiger partial charge in [-0.2, -0.15) is 5.10 Å². The second kappa shape index (κ2) is 6.97. The Morgan fingerprint density at radius 2 is 2.11 bits per heavy atom. The molecular formula is C22H25N3OS. The molecule has 1 atom stereocenters. The van der Waals surface area contributed by atoms with E-state index in [1.54, 1.807) is 11.3 Å². The molecule has 4 nitrogen and oxygen atoms in total. The molecule has 0 bridgehead atoms. The molecule has 3 aromatic rings. The highest BCUT2D eigenvalue weighted by Crippen LogP contribution is 2.41. The maximum Gasteiger partial charge on any atom is 0.225 e. The van der Waals surface area contributed by atoms with Gasteiger partial charge < -0.3 is 5.32 Å². The zero-order valence-electron chi connectivity index (χ0n) is 16.0. The third-order valence-electron chi connectivity index (χ3n) is 5.27. The van der Waals surface area contributed by atoms with Crippen LogP contribution in [0.3, 0.4) is 0 Å². The zero-order valence-corrected chi connectivity index (χ0v) is 16.8. The lowest BCUT2D eigenvalue weighted by atomic mass is 9.74. The number of para-hydroxylation sites is 1. The monoisotopic (exact) mass is 379 g/mol. The highest BCUT2D eigenvalue weighted by molar-refractivity contribution is 7.10. The summed E-state index contributed by atoms with van der Waals surface area (Å²) in [5.74, 6) is 0.0785. The van der Waals surface area contributed by atoms with E-state index in [0.29, 0.717) is 6.42 Å². The molecule has 27 heavy (non-hydrogen) atoms. The van der Waals surface area contributed by atoms with Crippen LogP contribution in [0.2, 0.25) is 0 Å². The average Bonchev–Trinajstić information content (AvgIpc) is 3.24. The van der Waals surface area contributed by atoms with E-state index >= 15 is 0 Å². The molecule has 1 aliphatic rings. The molecule has 1 aromatic carbocycles. The fraction of sp³-hybridized carbons (Fsp3) is 0.364. The van der Waals surface area contributed by atoms with Crippen LogP contribution in [0.4, 0.5) is 0 Å². The Morgan fingerprint density at radius 1 is 1.30 bits per heavy atom. The minimum absolute atomic E-state index is 0.00832. The van der Waals surface area contributed by atoms with Crippen molar-refractivity contribution in [3.05, 3.63) is 69.7 Å². The smallest absolute Gasteiger partial charge is 0.225 e. The molecule has 0 fully saturated rings. The Labute approximate surface area is 164 Å². The number of nitrogens with zero attached hydrogens (tertiary/aromatic N) is 2. The Morgan fingerprint density at radius 3 is 2.85 bits per heavy atom. The number of rotatable bonds is 4. The molecular weight excluding hydrogens is 354 g/mol. The lowest BCUT2D eigenvalue weighted by Gasteiger charge is -2.36. The van der Waals surface area contributed by atoms with Crippen molar-refractivity contribution in [1.82, 2.24) is 15.1 Å². The molecule has 4 rings (SSSR count). The molecule has 1 N–H and O–H groups in total. The number of aryl methyl sites for hydroxylation is 1. The van der Waals surface area contributed by atoms with Crippen molar-refractivity contribution in [2.75, 3.05) is 0 Å². The molecule has 0 saturated carbocycles. The third kappa shape index (κ3) is 3.69. The zero-order chi connectivity index (χ0) is 19.0. The topological polar surface area (TPSA) is 46.9 Å². The van der Waals surface area contributed by atoms with Crippen molar-refractivity contribution in [1.29, 1.82) is 0 Å². The summed E-state index contributed by atoms with van der Waals surface area (Å²) < 4.78 is 2.06. The second-order valence-corrected chi connectivity index (χ2v) is 9.20. The molecule has 5 heteroatoms. The summed E-state index contributed by atoms with van der Waals surface area (Å²) in [6.45, 7) is 6.64. The van der Waals surface area contributed by atoms with E-state index in [-0.39, 0.29) is 17.4 Å². The molecule has 140 valence electrons. The van der Waals surface area contributed by atoms with Crippen LogP contribution in [0.1, 0.15) is 48.0 Å². The minimum Gasteiger partial charge on any atom is -0.349 e. The molecule has 1 amide bonds. The third-order valence-corrected chi connectivity index (χ3v) is 6.15. The van der Waals surface area contributed by atoms with Crippen molar-refractivity contribution < 1.29 is 4.79 Å². The van der Waals surface area contributed by atoms with Crippen LogP contribution in [0.15, 0.2) is 48.0 Å². The van der Waals surface area contributed by atoms with Gasteiger partial charge in [0.2, 0.25) is 5.91 Å². The van der Waals surface area contributed by atoms with E-state index in [1.807, 2.05) is 35.8 Å². The minimum atomic E-state index is 0.00832.